The van der Waals surface area contributed by atoms with Crippen LogP contribution in [-0.2, 0) is 11.2 Å². The SMILES string of the molecule is CN(C)c1cc(CC2CCN(CC(N)=O)CC2)ncn1. The molecule has 0 aliphatic carbocycles. The van der Waals surface area contributed by atoms with Crippen molar-refractivity contribution in [3.8, 4) is 0 Å². The van der Waals surface area contributed by atoms with Crippen molar-refractivity contribution in [2.75, 3.05) is 38.6 Å². The molecule has 1 saturated heterocycles. The number of aromatic nitrogens is 2. The van der Waals surface area contributed by atoms with Crippen LogP contribution in [0.25, 0.3) is 0 Å². The molecule has 0 unspecified atom stereocenters. The summed E-state index contributed by atoms with van der Waals surface area (Å²) in [5.41, 5.74) is 6.32. The molecule has 1 fully saturated rings. The van der Waals surface area contributed by atoms with Crippen LogP contribution in [0.15, 0.2) is 12.4 Å². The van der Waals surface area contributed by atoms with Gasteiger partial charge in [-0.15, -0.1) is 0 Å². The molecule has 0 aromatic carbocycles. The second-order valence-corrected chi connectivity index (χ2v) is 5.65. The lowest BCUT2D eigenvalue weighted by Crippen LogP contribution is -2.39. The first kappa shape index (κ1) is 14.7. The molecule has 20 heavy (non-hydrogen) atoms. The molecule has 1 amide bonds. The van der Waals surface area contributed by atoms with Gasteiger partial charge < -0.3 is 10.6 Å². The number of piperidine rings is 1. The number of nitrogens with zero attached hydrogens (tertiary/aromatic N) is 4. The molecule has 2 heterocycles. The molecule has 0 spiro atoms. The fraction of sp³-hybridized carbons (Fsp3) is 0.643. The molecule has 0 bridgehead atoms. The summed E-state index contributed by atoms with van der Waals surface area (Å²) >= 11 is 0. The van der Waals surface area contributed by atoms with Gasteiger partial charge in [-0.05, 0) is 38.3 Å². The second kappa shape index (κ2) is 6.65. The van der Waals surface area contributed by atoms with Crippen LogP contribution in [0.1, 0.15) is 18.5 Å². The minimum atomic E-state index is -0.241. The Hall–Kier alpha value is -1.69. The minimum Gasteiger partial charge on any atom is -0.369 e. The second-order valence-electron chi connectivity index (χ2n) is 5.65. The maximum Gasteiger partial charge on any atom is 0.231 e. The molecule has 110 valence electrons. The van der Waals surface area contributed by atoms with Crippen molar-refractivity contribution in [1.29, 1.82) is 0 Å². The molecule has 6 heteroatoms. The van der Waals surface area contributed by atoms with E-state index in [0.29, 0.717) is 12.5 Å². The Kier molecular flexibility index (Phi) is 4.89. The zero-order valence-corrected chi connectivity index (χ0v) is 12.2. The summed E-state index contributed by atoms with van der Waals surface area (Å²) in [6.07, 6.45) is 4.80. The monoisotopic (exact) mass is 277 g/mol. The van der Waals surface area contributed by atoms with Crippen molar-refractivity contribution in [2.45, 2.75) is 19.3 Å². The van der Waals surface area contributed by atoms with E-state index in [1.165, 1.54) is 0 Å². The Morgan fingerprint density at radius 3 is 2.70 bits per heavy atom. The smallest absolute Gasteiger partial charge is 0.231 e. The topological polar surface area (TPSA) is 75.3 Å². The Bertz CT molecular complexity index is 455. The summed E-state index contributed by atoms with van der Waals surface area (Å²) in [6, 6.07) is 2.05. The Balaban J connectivity index is 1.86. The third-order valence-electron chi connectivity index (χ3n) is 3.75. The van der Waals surface area contributed by atoms with E-state index in [-0.39, 0.29) is 5.91 Å². The van der Waals surface area contributed by atoms with Crippen LogP contribution in [0.2, 0.25) is 0 Å². The molecule has 1 aliphatic heterocycles. The molecule has 2 N–H and O–H groups in total. The van der Waals surface area contributed by atoms with Crippen molar-refractivity contribution in [3.63, 3.8) is 0 Å². The van der Waals surface area contributed by atoms with Gasteiger partial charge in [-0.25, -0.2) is 9.97 Å². The molecule has 0 radical (unpaired) electrons. The van der Waals surface area contributed by atoms with Crippen molar-refractivity contribution < 1.29 is 4.79 Å². The van der Waals surface area contributed by atoms with E-state index < -0.39 is 0 Å². The highest BCUT2D eigenvalue weighted by Gasteiger charge is 2.20. The van der Waals surface area contributed by atoms with E-state index >= 15 is 0 Å². The van der Waals surface area contributed by atoms with Crippen LogP contribution < -0.4 is 10.6 Å². The minimum absolute atomic E-state index is 0.241. The van der Waals surface area contributed by atoms with Gasteiger partial charge in [0.25, 0.3) is 0 Å². The maximum atomic E-state index is 10.9. The van der Waals surface area contributed by atoms with Crippen LogP contribution in [0.3, 0.4) is 0 Å². The number of carbonyl (C=O) groups is 1. The van der Waals surface area contributed by atoms with Gasteiger partial charge in [-0.1, -0.05) is 0 Å². The van der Waals surface area contributed by atoms with E-state index in [1.807, 2.05) is 19.0 Å². The molecular weight excluding hydrogens is 254 g/mol. The van der Waals surface area contributed by atoms with Crippen molar-refractivity contribution in [1.82, 2.24) is 14.9 Å². The zero-order chi connectivity index (χ0) is 14.5. The maximum absolute atomic E-state index is 10.9. The lowest BCUT2D eigenvalue weighted by atomic mass is 9.92. The molecule has 0 atom stereocenters. The average molecular weight is 277 g/mol. The van der Waals surface area contributed by atoms with E-state index in [0.717, 1.165) is 43.9 Å². The van der Waals surface area contributed by atoms with Gasteiger partial charge in [0.1, 0.15) is 12.1 Å². The number of anilines is 1. The summed E-state index contributed by atoms with van der Waals surface area (Å²) in [5, 5.41) is 0. The number of primary amides is 1. The normalized spacial score (nSPS) is 17.1. The van der Waals surface area contributed by atoms with Gasteiger partial charge in [-0.2, -0.15) is 0 Å². The number of nitrogens with two attached hydrogens (primary N) is 1. The van der Waals surface area contributed by atoms with Crippen molar-refractivity contribution in [2.24, 2.45) is 11.7 Å². The van der Waals surface area contributed by atoms with E-state index in [1.54, 1.807) is 6.33 Å². The third-order valence-corrected chi connectivity index (χ3v) is 3.75. The lowest BCUT2D eigenvalue weighted by molar-refractivity contribution is -0.119. The van der Waals surface area contributed by atoms with Crippen LogP contribution in [-0.4, -0.2) is 54.5 Å². The highest BCUT2D eigenvalue weighted by molar-refractivity contribution is 5.75. The first-order chi connectivity index (χ1) is 9.54. The first-order valence-electron chi connectivity index (χ1n) is 7.03. The largest absolute Gasteiger partial charge is 0.369 e. The molecule has 6 nitrogen and oxygen atoms in total. The number of likely N-dealkylation sites (tertiary alicyclic amines) is 1. The average Bonchev–Trinajstić information content (AvgIpc) is 2.41. The van der Waals surface area contributed by atoms with Gasteiger partial charge in [0.15, 0.2) is 0 Å². The quantitative estimate of drug-likeness (QED) is 0.837. The zero-order valence-electron chi connectivity index (χ0n) is 12.2. The molecule has 1 aliphatic rings. The molecular formula is C14H23N5O. The van der Waals surface area contributed by atoms with Crippen LogP contribution in [0.4, 0.5) is 5.82 Å². The fourth-order valence-corrected chi connectivity index (χ4v) is 2.61. The van der Waals surface area contributed by atoms with Crippen LogP contribution >= 0.6 is 0 Å². The number of carbonyl (C=O) groups excluding carboxylic acids is 1. The highest BCUT2D eigenvalue weighted by Crippen LogP contribution is 2.21. The van der Waals surface area contributed by atoms with Gasteiger partial charge in [-0.3, -0.25) is 9.69 Å². The number of rotatable bonds is 5. The Morgan fingerprint density at radius 2 is 2.10 bits per heavy atom. The van der Waals surface area contributed by atoms with Gasteiger partial charge in [0.2, 0.25) is 5.91 Å². The van der Waals surface area contributed by atoms with Crippen molar-refractivity contribution in [3.05, 3.63) is 18.1 Å². The van der Waals surface area contributed by atoms with Gasteiger partial charge in [0.05, 0.1) is 6.54 Å². The standard InChI is InChI=1S/C14H23N5O/c1-18(2)14-8-12(16-10-17-14)7-11-3-5-19(6-4-11)9-13(15)20/h8,10-11H,3-7,9H2,1-2H3,(H2,15,20). The third kappa shape index (κ3) is 4.16. The molecule has 1 aromatic heterocycles. The summed E-state index contributed by atoms with van der Waals surface area (Å²) in [6.45, 7) is 2.27. The predicted molar refractivity (Wildman–Crippen MR) is 78.4 cm³/mol. The van der Waals surface area contributed by atoms with Gasteiger partial charge in [0, 0.05) is 25.9 Å². The van der Waals surface area contributed by atoms with E-state index in [9.17, 15) is 4.79 Å². The fourth-order valence-electron chi connectivity index (χ4n) is 2.61. The Morgan fingerprint density at radius 1 is 1.40 bits per heavy atom. The summed E-state index contributed by atoms with van der Waals surface area (Å²) in [5.74, 6) is 1.33. The van der Waals surface area contributed by atoms with Crippen LogP contribution in [0, 0.1) is 5.92 Å². The highest BCUT2D eigenvalue weighted by atomic mass is 16.1. The summed E-state index contributed by atoms with van der Waals surface area (Å²) in [4.78, 5) is 23.6. The number of amides is 1. The molecule has 0 saturated carbocycles. The number of hydrogen-bond donors (Lipinski definition) is 1. The molecule has 1 aromatic rings. The summed E-state index contributed by atoms with van der Waals surface area (Å²) < 4.78 is 0. The van der Waals surface area contributed by atoms with Crippen LogP contribution in [0.5, 0.6) is 0 Å². The summed E-state index contributed by atoms with van der Waals surface area (Å²) in [7, 11) is 3.96. The van der Waals surface area contributed by atoms with E-state index in [2.05, 4.69) is 20.9 Å². The van der Waals surface area contributed by atoms with Gasteiger partial charge >= 0.3 is 0 Å². The lowest BCUT2D eigenvalue weighted by Gasteiger charge is -2.30. The number of hydrogen-bond acceptors (Lipinski definition) is 5. The molecule has 2 rings (SSSR count). The Labute approximate surface area is 120 Å². The predicted octanol–water partition coefficient (Wildman–Crippen LogP) is 0.282. The first-order valence-corrected chi connectivity index (χ1v) is 7.03. The van der Waals surface area contributed by atoms with E-state index in [4.69, 9.17) is 5.73 Å². The van der Waals surface area contributed by atoms with Crippen molar-refractivity contribution >= 4 is 11.7 Å².